The molecular weight excluding hydrogens is 144 g/mol. The van der Waals surface area contributed by atoms with Crippen LogP contribution >= 0.6 is 0 Å². The Morgan fingerprint density at radius 2 is 2.00 bits per heavy atom. The van der Waals surface area contributed by atoms with Crippen molar-refractivity contribution in [1.29, 1.82) is 0 Å². The van der Waals surface area contributed by atoms with E-state index in [0.717, 1.165) is 26.1 Å². The zero-order valence-corrected chi connectivity index (χ0v) is 6.18. The highest BCUT2D eigenvalue weighted by atomic mass is 16.5. The van der Waals surface area contributed by atoms with Crippen LogP contribution in [0.3, 0.4) is 0 Å². The summed E-state index contributed by atoms with van der Waals surface area (Å²) in [7, 11) is 0. The van der Waals surface area contributed by atoms with Crippen molar-refractivity contribution in [3.8, 4) is 0 Å². The molecule has 5 nitrogen and oxygen atoms in total. The summed E-state index contributed by atoms with van der Waals surface area (Å²) in [5, 5.41) is 14.7. The fourth-order valence-corrected chi connectivity index (χ4v) is 1.36. The molecule has 2 aliphatic rings. The largest absolute Gasteiger partial charge is 0.381 e. The lowest BCUT2D eigenvalue weighted by Crippen LogP contribution is -2.25. The number of rotatable bonds is 1. The zero-order valence-electron chi connectivity index (χ0n) is 6.18. The van der Waals surface area contributed by atoms with E-state index in [0.29, 0.717) is 5.92 Å². The first kappa shape index (κ1) is 6.84. The first-order valence-electron chi connectivity index (χ1n) is 3.84. The average molecular weight is 154 g/mol. The Kier molecular flexibility index (Phi) is 1.89. The molecule has 0 spiro atoms. The molecule has 11 heavy (non-hydrogen) atoms. The third-order valence-corrected chi connectivity index (χ3v) is 2.00. The van der Waals surface area contributed by atoms with Crippen LogP contribution in [0.2, 0.25) is 0 Å². The smallest absolute Gasteiger partial charge is 0.190 e. The molecule has 1 saturated heterocycles. The van der Waals surface area contributed by atoms with Crippen LogP contribution in [0, 0.1) is 5.92 Å². The van der Waals surface area contributed by atoms with Crippen molar-refractivity contribution >= 4 is 0 Å². The maximum Gasteiger partial charge on any atom is 0.190 e. The third kappa shape index (κ3) is 1.42. The van der Waals surface area contributed by atoms with E-state index in [1.807, 2.05) is 0 Å². The van der Waals surface area contributed by atoms with Crippen LogP contribution < -0.4 is 0 Å². The minimum atomic E-state index is -0.0599. The van der Waals surface area contributed by atoms with Crippen LogP contribution in [0.15, 0.2) is 20.7 Å². The average Bonchev–Trinajstić information content (AvgIpc) is 2.58. The van der Waals surface area contributed by atoms with Gasteiger partial charge in [0.05, 0.1) is 6.61 Å². The van der Waals surface area contributed by atoms with Gasteiger partial charge in [-0.2, -0.15) is 0 Å². The second-order valence-electron chi connectivity index (χ2n) is 2.80. The fourth-order valence-electron chi connectivity index (χ4n) is 1.36. The minimum absolute atomic E-state index is 0.0599. The Morgan fingerprint density at radius 3 is 2.64 bits per heavy atom. The van der Waals surface area contributed by atoms with Gasteiger partial charge in [0.2, 0.25) is 0 Å². The molecule has 0 saturated carbocycles. The summed E-state index contributed by atoms with van der Waals surface area (Å²) in [4.78, 5) is 0. The summed E-state index contributed by atoms with van der Waals surface area (Å²) < 4.78 is 5.29. The van der Waals surface area contributed by atoms with E-state index in [4.69, 9.17) is 4.74 Å². The summed E-state index contributed by atoms with van der Waals surface area (Å²) in [5.41, 5.74) is 0. The quantitative estimate of drug-likeness (QED) is 0.565. The highest BCUT2D eigenvalue weighted by Crippen LogP contribution is 2.23. The summed E-state index contributed by atoms with van der Waals surface area (Å²) in [5.74, 6) is 0.402. The van der Waals surface area contributed by atoms with Crippen molar-refractivity contribution in [3.63, 3.8) is 0 Å². The highest BCUT2D eigenvalue weighted by Gasteiger charge is 2.25. The summed E-state index contributed by atoms with van der Waals surface area (Å²) in [6, 6.07) is 0. The van der Waals surface area contributed by atoms with Crippen molar-refractivity contribution in [1.82, 2.24) is 0 Å². The minimum Gasteiger partial charge on any atom is -0.381 e. The number of nitrogens with zero attached hydrogens (tertiary/aromatic N) is 4. The van der Waals surface area contributed by atoms with Crippen LogP contribution in [0.1, 0.15) is 12.8 Å². The highest BCUT2D eigenvalue weighted by molar-refractivity contribution is 4.75. The van der Waals surface area contributed by atoms with Gasteiger partial charge in [-0.1, -0.05) is 0 Å². The standard InChI is InChI=1S/C6H10N4O/c1-2-5(4-11-3-1)6-7-9-10-8-6/h5-6H,1-4H2. The van der Waals surface area contributed by atoms with Gasteiger partial charge in [0, 0.05) is 12.5 Å². The van der Waals surface area contributed by atoms with Crippen LogP contribution in [0.5, 0.6) is 0 Å². The van der Waals surface area contributed by atoms with Gasteiger partial charge in [-0.3, -0.25) is 0 Å². The molecule has 0 aliphatic carbocycles. The Labute approximate surface area is 64.5 Å². The summed E-state index contributed by atoms with van der Waals surface area (Å²) in [6.07, 6.45) is 2.17. The van der Waals surface area contributed by atoms with Crippen molar-refractivity contribution in [3.05, 3.63) is 0 Å². The van der Waals surface area contributed by atoms with Gasteiger partial charge in [0.15, 0.2) is 6.17 Å². The molecule has 0 aromatic rings. The Balaban J connectivity index is 1.92. The molecule has 0 amide bonds. The van der Waals surface area contributed by atoms with Crippen molar-refractivity contribution < 1.29 is 4.74 Å². The van der Waals surface area contributed by atoms with Crippen molar-refractivity contribution in [2.45, 2.75) is 19.0 Å². The molecule has 1 unspecified atom stereocenters. The Morgan fingerprint density at radius 1 is 1.18 bits per heavy atom. The van der Waals surface area contributed by atoms with E-state index in [1.54, 1.807) is 0 Å². The normalized spacial score (nSPS) is 31.5. The molecule has 0 aromatic carbocycles. The van der Waals surface area contributed by atoms with Gasteiger partial charge in [-0.25, -0.2) is 0 Å². The summed E-state index contributed by atoms with van der Waals surface area (Å²) in [6.45, 7) is 1.63. The van der Waals surface area contributed by atoms with E-state index in [2.05, 4.69) is 20.7 Å². The molecule has 2 rings (SSSR count). The van der Waals surface area contributed by atoms with Crippen LogP contribution in [0.4, 0.5) is 0 Å². The van der Waals surface area contributed by atoms with E-state index >= 15 is 0 Å². The second kappa shape index (κ2) is 3.04. The Bertz CT molecular complexity index is 173. The van der Waals surface area contributed by atoms with Crippen LogP contribution in [-0.4, -0.2) is 19.4 Å². The maximum absolute atomic E-state index is 5.29. The summed E-state index contributed by atoms with van der Waals surface area (Å²) >= 11 is 0. The first-order valence-corrected chi connectivity index (χ1v) is 3.84. The lowest BCUT2D eigenvalue weighted by atomic mass is 10.00. The predicted molar refractivity (Wildman–Crippen MR) is 37.0 cm³/mol. The van der Waals surface area contributed by atoms with Crippen LogP contribution in [0.25, 0.3) is 0 Å². The van der Waals surface area contributed by atoms with Gasteiger partial charge in [0.25, 0.3) is 0 Å². The van der Waals surface area contributed by atoms with Gasteiger partial charge >= 0.3 is 0 Å². The van der Waals surface area contributed by atoms with E-state index in [1.165, 1.54) is 0 Å². The molecule has 0 aromatic heterocycles. The van der Waals surface area contributed by atoms with Gasteiger partial charge in [-0.05, 0) is 23.3 Å². The van der Waals surface area contributed by atoms with E-state index in [9.17, 15) is 0 Å². The second-order valence-corrected chi connectivity index (χ2v) is 2.80. The molecule has 2 aliphatic heterocycles. The van der Waals surface area contributed by atoms with Gasteiger partial charge < -0.3 is 4.74 Å². The molecular formula is C6H10N4O. The number of hydrogen-bond donors (Lipinski definition) is 0. The molecule has 2 heterocycles. The van der Waals surface area contributed by atoms with E-state index in [-0.39, 0.29) is 6.17 Å². The van der Waals surface area contributed by atoms with Crippen LogP contribution in [-0.2, 0) is 4.74 Å². The molecule has 0 radical (unpaired) electrons. The topological polar surface area (TPSA) is 58.7 Å². The Hall–Kier alpha value is -0.840. The first-order chi connectivity index (χ1) is 5.47. The molecule has 1 fully saturated rings. The van der Waals surface area contributed by atoms with Gasteiger partial charge in [0.1, 0.15) is 0 Å². The predicted octanol–water partition coefficient (Wildman–Crippen LogP) is 1.57. The zero-order chi connectivity index (χ0) is 7.52. The molecule has 0 bridgehead atoms. The number of ether oxygens (including phenoxy) is 1. The lowest BCUT2D eigenvalue weighted by Gasteiger charge is -2.22. The molecule has 1 atom stereocenters. The van der Waals surface area contributed by atoms with Gasteiger partial charge in [-0.15, -0.1) is 10.2 Å². The third-order valence-electron chi connectivity index (χ3n) is 2.00. The van der Waals surface area contributed by atoms with Crippen molar-refractivity contribution in [2.24, 2.45) is 26.6 Å². The molecule has 0 N–H and O–H groups in total. The molecule has 5 heteroatoms. The fraction of sp³-hybridized carbons (Fsp3) is 1.00. The molecule has 60 valence electrons. The van der Waals surface area contributed by atoms with E-state index < -0.39 is 0 Å². The maximum atomic E-state index is 5.29. The monoisotopic (exact) mass is 154 g/mol. The van der Waals surface area contributed by atoms with Crippen molar-refractivity contribution in [2.75, 3.05) is 13.2 Å². The lowest BCUT2D eigenvalue weighted by molar-refractivity contribution is 0.0460. The number of hydrogen-bond acceptors (Lipinski definition) is 5. The SMILES string of the molecule is C1COCC(C2N=NN=N2)C1.